The van der Waals surface area contributed by atoms with Gasteiger partial charge in [0.2, 0.25) is 5.88 Å². The molecule has 1 saturated carbocycles. The molecule has 3 rings (SSSR count). The topological polar surface area (TPSA) is 71.0 Å². The average Bonchev–Trinajstić information content (AvgIpc) is 3.24. The minimum absolute atomic E-state index is 0. The van der Waals surface area contributed by atoms with Crippen LogP contribution in [0.5, 0.6) is 5.88 Å². The Balaban J connectivity index is 0.00000300. The molecule has 7 nitrogen and oxygen atoms in total. The maximum Gasteiger partial charge on any atom is 0.218 e. The van der Waals surface area contributed by atoms with E-state index in [1.54, 1.807) is 6.20 Å². The minimum atomic E-state index is 0. The summed E-state index contributed by atoms with van der Waals surface area (Å²) >= 11 is 0. The van der Waals surface area contributed by atoms with E-state index in [1.807, 2.05) is 6.07 Å². The van der Waals surface area contributed by atoms with Gasteiger partial charge in [-0.1, -0.05) is 6.07 Å². The molecule has 2 N–H and O–H groups in total. The van der Waals surface area contributed by atoms with Crippen LogP contribution in [0.4, 0.5) is 0 Å². The number of halogens is 1. The molecule has 1 aromatic rings. The lowest BCUT2D eigenvalue weighted by molar-refractivity contribution is 0.0211. The first-order valence-corrected chi connectivity index (χ1v) is 10.7. The average molecular weight is 517 g/mol. The van der Waals surface area contributed by atoms with Crippen LogP contribution < -0.4 is 15.4 Å². The van der Waals surface area contributed by atoms with Crippen molar-refractivity contribution in [3.05, 3.63) is 23.9 Å². The summed E-state index contributed by atoms with van der Waals surface area (Å²) in [7, 11) is 0. The van der Waals surface area contributed by atoms with Gasteiger partial charge in [-0.15, -0.1) is 24.0 Å². The SMILES string of the molecule is CCNC(=NCc1cccnc1OC1CCCC1)NCC(C)N1CCOCC1.I. The van der Waals surface area contributed by atoms with Crippen molar-refractivity contribution in [1.82, 2.24) is 20.5 Å². The molecule has 2 fully saturated rings. The fraction of sp³-hybridized carbons (Fsp3) is 0.714. The Kier molecular flexibility index (Phi) is 11.0. The van der Waals surface area contributed by atoms with E-state index in [2.05, 4.69) is 40.4 Å². The van der Waals surface area contributed by atoms with E-state index < -0.39 is 0 Å². The summed E-state index contributed by atoms with van der Waals surface area (Å²) in [6, 6.07) is 4.45. The largest absolute Gasteiger partial charge is 0.474 e. The number of hydrogen-bond acceptors (Lipinski definition) is 5. The van der Waals surface area contributed by atoms with Crippen molar-refractivity contribution in [3.8, 4) is 5.88 Å². The van der Waals surface area contributed by atoms with Crippen molar-refractivity contribution in [2.75, 3.05) is 39.4 Å². The number of pyridine rings is 1. The van der Waals surface area contributed by atoms with E-state index in [9.17, 15) is 0 Å². The number of nitrogens with one attached hydrogen (secondary N) is 2. The third kappa shape index (κ3) is 7.90. The molecule has 1 saturated heterocycles. The normalized spacial score (nSPS) is 19.4. The zero-order chi connectivity index (χ0) is 19.6. The molecule has 0 aromatic carbocycles. The Morgan fingerprint density at radius 1 is 1.31 bits per heavy atom. The van der Waals surface area contributed by atoms with Gasteiger partial charge >= 0.3 is 0 Å². The highest BCUT2D eigenvalue weighted by atomic mass is 127. The van der Waals surface area contributed by atoms with Crippen molar-refractivity contribution in [2.24, 2.45) is 4.99 Å². The highest BCUT2D eigenvalue weighted by molar-refractivity contribution is 14.0. The Bertz CT molecular complexity index is 619. The number of morpholine rings is 1. The predicted octanol–water partition coefficient (Wildman–Crippen LogP) is 2.80. The highest BCUT2D eigenvalue weighted by Crippen LogP contribution is 2.25. The Morgan fingerprint density at radius 2 is 2.07 bits per heavy atom. The molecule has 164 valence electrons. The second kappa shape index (κ2) is 13.2. The first kappa shape index (κ1) is 24.1. The van der Waals surface area contributed by atoms with Gasteiger partial charge in [0.25, 0.3) is 0 Å². The molecule has 1 atom stereocenters. The molecule has 0 bridgehead atoms. The monoisotopic (exact) mass is 517 g/mol. The quantitative estimate of drug-likeness (QED) is 0.314. The highest BCUT2D eigenvalue weighted by Gasteiger charge is 2.19. The standard InChI is InChI=1S/C21H35N5O2.HI/c1-3-22-21(24-15-17(2)26-11-13-27-14-12-26)25-16-18-7-6-10-23-20(18)28-19-8-4-5-9-19;/h6-7,10,17,19H,3-5,8-9,11-16H2,1-2H3,(H2,22,24,25);1H. The summed E-state index contributed by atoms with van der Waals surface area (Å²) in [5.41, 5.74) is 1.04. The molecule has 0 spiro atoms. The van der Waals surface area contributed by atoms with E-state index in [0.717, 1.165) is 69.6 Å². The van der Waals surface area contributed by atoms with Crippen LogP contribution in [0.2, 0.25) is 0 Å². The molecule has 1 unspecified atom stereocenters. The van der Waals surface area contributed by atoms with E-state index in [-0.39, 0.29) is 24.0 Å². The molecule has 0 amide bonds. The maximum absolute atomic E-state index is 6.14. The van der Waals surface area contributed by atoms with Gasteiger partial charge in [0.15, 0.2) is 5.96 Å². The Labute approximate surface area is 192 Å². The van der Waals surface area contributed by atoms with Gasteiger partial charge in [0, 0.05) is 44.0 Å². The van der Waals surface area contributed by atoms with Crippen molar-refractivity contribution < 1.29 is 9.47 Å². The van der Waals surface area contributed by atoms with Crippen LogP contribution in [0.25, 0.3) is 0 Å². The second-order valence-electron chi connectivity index (χ2n) is 7.57. The lowest BCUT2D eigenvalue weighted by Gasteiger charge is -2.32. The number of aliphatic imine (C=N–C) groups is 1. The van der Waals surface area contributed by atoms with Crippen LogP contribution in [-0.4, -0.2) is 67.4 Å². The van der Waals surface area contributed by atoms with Crippen LogP contribution >= 0.6 is 24.0 Å². The third-order valence-corrected chi connectivity index (χ3v) is 5.42. The van der Waals surface area contributed by atoms with Gasteiger partial charge in [0.1, 0.15) is 6.10 Å². The fourth-order valence-corrected chi connectivity index (χ4v) is 3.71. The molecule has 1 aliphatic carbocycles. The maximum atomic E-state index is 6.14. The number of hydrogen-bond donors (Lipinski definition) is 2. The minimum Gasteiger partial charge on any atom is -0.474 e. The first-order valence-electron chi connectivity index (χ1n) is 10.7. The summed E-state index contributed by atoms with van der Waals surface area (Å²) in [6.45, 7) is 10.2. The van der Waals surface area contributed by atoms with Gasteiger partial charge in [0.05, 0.1) is 19.8 Å². The molecule has 8 heteroatoms. The van der Waals surface area contributed by atoms with Gasteiger partial charge in [-0.2, -0.15) is 0 Å². The molecule has 29 heavy (non-hydrogen) atoms. The number of nitrogens with zero attached hydrogens (tertiary/aromatic N) is 3. The van der Waals surface area contributed by atoms with Crippen molar-refractivity contribution in [3.63, 3.8) is 0 Å². The van der Waals surface area contributed by atoms with E-state index in [4.69, 9.17) is 14.5 Å². The lowest BCUT2D eigenvalue weighted by atomic mass is 10.2. The molecule has 1 aliphatic heterocycles. The van der Waals surface area contributed by atoms with Crippen LogP contribution in [-0.2, 0) is 11.3 Å². The number of rotatable bonds is 8. The predicted molar refractivity (Wildman–Crippen MR) is 127 cm³/mol. The third-order valence-electron chi connectivity index (χ3n) is 5.42. The fourth-order valence-electron chi connectivity index (χ4n) is 3.71. The second-order valence-corrected chi connectivity index (χ2v) is 7.57. The summed E-state index contributed by atoms with van der Waals surface area (Å²) < 4.78 is 11.6. The van der Waals surface area contributed by atoms with Crippen molar-refractivity contribution in [1.29, 1.82) is 0 Å². The Morgan fingerprint density at radius 3 is 2.79 bits per heavy atom. The zero-order valence-electron chi connectivity index (χ0n) is 17.7. The lowest BCUT2D eigenvalue weighted by Crippen LogP contribution is -2.49. The summed E-state index contributed by atoms with van der Waals surface area (Å²) in [5.74, 6) is 1.56. The van der Waals surface area contributed by atoms with Gasteiger partial charge in [-0.3, -0.25) is 4.90 Å². The molecular weight excluding hydrogens is 481 g/mol. The Hall–Kier alpha value is -1.13. The molecular formula is C21H36IN5O2. The first-order chi connectivity index (χ1) is 13.8. The molecule has 2 aliphatic rings. The summed E-state index contributed by atoms with van der Waals surface area (Å²) in [5, 5.41) is 6.81. The van der Waals surface area contributed by atoms with Gasteiger partial charge in [-0.05, 0) is 45.6 Å². The van der Waals surface area contributed by atoms with E-state index in [0.29, 0.717) is 18.7 Å². The molecule has 0 radical (unpaired) electrons. The van der Waals surface area contributed by atoms with Crippen molar-refractivity contribution >= 4 is 29.9 Å². The van der Waals surface area contributed by atoms with Crippen LogP contribution in [0.3, 0.4) is 0 Å². The summed E-state index contributed by atoms with van der Waals surface area (Å²) in [6.07, 6.45) is 6.86. The number of ether oxygens (including phenoxy) is 2. The van der Waals surface area contributed by atoms with Gasteiger partial charge < -0.3 is 20.1 Å². The van der Waals surface area contributed by atoms with E-state index in [1.165, 1.54) is 12.8 Å². The molecule has 2 heterocycles. The van der Waals surface area contributed by atoms with Crippen LogP contribution in [0.15, 0.2) is 23.3 Å². The van der Waals surface area contributed by atoms with Crippen molar-refractivity contribution in [2.45, 2.75) is 58.2 Å². The van der Waals surface area contributed by atoms with Crippen LogP contribution in [0.1, 0.15) is 45.1 Å². The van der Waals surface area contributed by atoms with Crippen LogP contribution in [0, 0.1) is 0 Å². The summed E-state index contributed by atoms with van der Waals surface area (Å²) in [4.78, 5) is 11.7. The molecule has 1 aromatic heterocycles. The number of aromatic nitrogens is 1. The van der Waals surface area contributed by atoms with Gasteiger partial charge in [-0.25, -0.2) is 9.98 Å². The smallest absolute Gasteiger partial charge is 0.218 e. The van der Waals surface area contributed by atoms with E-state index >= 15 is 0 Å². The number of guanidine groups is 1. The zero-order valence-corrected chi connectivity index (χ0v) is 20.1.